The molecule has 0 spiro atoms. The van der Waals surface area contributed by atoms with E-state index in [1.165, 1.54) is 6.26 Å². The van der Waals surface area contributed by atoms with Crippen molar-refractivity contribution in [3.05, 3.63) is 71.8 Å². The molecule has 0 saturated carbocycles. The van der Waals surface area contributed by atoms with Crippen LogP contribution in [0.1, 0.15) is 15.9 Å². The van der Waals surface area contributed by atoms with E-state index in [1.807, 2.05) is 6.07 Å². The number of phenolic OH excluding ortho intramolecular Hbond substituents is 1. The lowest BCUT2D eigenvalue weighted by atomic mass is 10.1. The summed E-state index contributed by atoms with van der Waals surface area (Å²) in [5.41, 5.74) is 1.65. The van der Waals surface area contributed by atoms with Crippen molar-refractivity contribution in [3.8, 4) is 5.75 Å². The summed E-state index contributed by atoms with van der Waals surface area (Å²) in [4.78, 5) is 12.4. The van der Waals surface area contributed by atoms with Crippen LogP contribution in [0.3, 0.4) is 0 Å². The van der Waals surface area contributed by atoms with Crippen LogP contribution in [-0.2, 0) is 15.6 Å². The van der Waals surface area contributed by atoms with E-state index in [0.29, 0.717) is 22.2 Å². The van der Waals surface area contributed by atoms with E-state index in [-0.39, 0.29) is 17.4 Å². The number of hydrogen-bond acceptors (Lipinski definition) is 4. The maximum atomic E-state index is 12.4. The lowest BCUT2D eigenvalue weighted by Crippen LogP contribution is -2.12. The Bertz CT molecular complexity index is 1040. The maximum absolute atomic E-state index is 12.4. The Hall–Kier alpha value is -2.86. The van der Waals surface area contributed by atoms with Gasteiger partial charge in [-0.05, 0) is 29.8 Å². The smallest absolute Gasteiger partial charge is 0.255 e. The Balaban J connectivity index is 1.84. The van der Waals surface area contributed by atoms with Crippen molar-refractivity contribution in [2.75, 3.05) is 11.6 Å². The number of amides is 1. The van der Waals surface area contributed by atoms with Gasteiger partial charge < -0.3 is 10.4 Å². The molecule has 0 radical (unpaired) electrons. The molecule has 0 unspecified atom stereocenters. The second kappa shape index (κ2) is 6.57. The molecule has 0 bridgehead atoms. The number of hydrogen-bond donors (Lipinski definition) is 2. The minimum atomic E-state index is -3.11. The molecule has 0 atom stereocenters. The summed E-state index contributed by atoms with van der Waals surface area (Å²) in [6.45, 7) is 0. The number of carbonyl (C=O) groups is 1. The molecule has 0 aliphatic rings. The SMILES string of the molecule is CS(=O)(=O)Cc1ccc(C(=O)Nc2cccc3c(O)cccc23)cc1. The number of phenols is 1. The number of carbonyl (C=O) groups excluding carboxylic acids is 1. The molecule has 0 fully saturated rings. The fourth-order valence-electron chi connectivity index (χ4n) is 2.65. The van der Waals surface area contributed by atoms with Crippen molar-refractivity contribution in [1.29, 1.82) is 0 Å². The summed E-state index contributed by atoms with van der Waals surface area (Å²) in [5.74, 6) is -0.210. The van der Waals surface area contributed by atoms with Crippen LogP contribution in [0.4, 0.5) is 5.69 Å². The summed E-state index contributed by atoms with van der Waals surface area (Å²) >= 11 is 0. The molecule has 25 heavy (non-hydrogen) atoms. The zero-order chi connectivity index (χ0) is 18.0. The Morgan fingerprint density at radius 1 is 0.960 bits per heavy atom. The lowest BCUT2D eigenvalue weighted by Gasteiger charge is -2.10. The zero-order valence-corrected chi connectivity index (χ0v) is 14.4. The Labute approximate surface area is 145 Å². The summed E-state index contributed by atoms with van der Waals surface area (Å²) in [5, 5.41) is 14.1. The average molecular weight is 355 g/mol. The molecule has 5 nitrogen and oxygen atoms in total. The van der Waals surface area contributed by atoms with Crippen molar-refractivity contribution in [3.63, 3.8) is 0 Å². The molecule has 6 heteroatoms. The number of anilines is 1. The normalized spacial score (nSPS) is 11.4. The monoisotopic (exact) mass is 355 g/mol. The van der Waals surface area contributed by atoms with Crippen molar-refractivity contribution in [1.82, 2.24) is 0 Å². The Kier molecular flexibility index (Phi) is 4.46. The van der Waals surface area contributed by atoms with Crippen LogP contribution in [0.5, 0.6) is 5.75 Å². The molecular formula is C19H17NO4S. The van der Waals surface area contributed by atoms with Crippen LogP contribution < -0.4 is 5.32 Å². The standard InChI is InChI=1S/C19H17NO4S/c1-25(23,24)12-13-8-10-14(11-9-13)19(22)20-17-6-2-5-16-15(17)4-3-7-18(16)21/h2-11,21H,12H2,1H3,(H,20,22). The third-order valence-corrected chi connectivity index (χ3v) is 4.65. The van der Waals surface area contributed by atoms with Crippen molar-refractivity contribution >= 4 is 32.2 Å². The topological polar surface area (TPSA) is 83.5 Å². The molecule has 0 heterocycles. The molecule has 128 valence electrons. The van der Waals surface area contributed by atoms with E-state index in [1.54, 1.807) is 54.6 Å². The molecule has 0 aliphatic heterocycles. The second-order valence-corrected chi connectivity index (χ2v) is 8.04. The summed E-state index contributed by atoms with van der Waals surface area (Å²) < 4.78 is 22.6. The zero-order valence-electron chi connectivity index (χ0n) is 13.6. The number of aromatic hydroxyl groups is 1. The first-order valence-electron chi connectivity index (χ1n) is 7.62. The van der Waals surface area contributed by atoms with E-state index in [4.69, 9.17) is 0 Å². The first kappa shape index (κ1) is 17.0. The highest BCUT2D eigenvalue weighted by Gasteiger charge is 2.11. The van der Waals surface area contributed by atoms with Crippen LogP contribution in [0.2, 0.25) is 0 Å². The fraction of sp³-hybridized carbons (Fsp3) is 0.105. The molecule has 3 aromatic rings. The highest BCUT2D eigenvalue weighted by Crippen LogP contribution is 2.30. The van der Waals surface area contributed by atoms with Gasteiger partial charge in [0, 0.05) is 28.3 Å². The predicted molar refractivity (Wildman–Crippen MR) is 98.6 cm³/mol. The van der Waals surface area contributed by atoms with Gasteiger partial charge in [-0.1, -0.05) is 36.4 Å². The first-order chi connectivity index (χ1) is 11.8. The number of nitrogens with one attached hydrogen (secondary N) is 1. The van der Waals surface area contributed by atoms with Gasteiger partial charge in [-0.3, -0.25) is 4.79 Å². The number of benzene rings is 3. The molecule has 3 aromatic carbocycles. The van der Waals surface area contributed by atoms with Crippen LogP contribution in [0.25, 0.3) is 10.8 Å². The third-order valence-electron chi connectivity index (χ3n) is 3.79. The number of sulfone groups is 1. The minimum absolute atomic E-state index is 0.0580. The van der Waals surface area contributed by atoms with Crippen molar-refractivity contribution in [2.24, 2.45) is 0 Å². The van der Waals surface area contributed by atoms with Gasteiger partial charge in [-0.2, -0.15) is 0 Å². The van der Waals surface area contributed by atoms with E-state index in [9.17, 15) is 18.3 Å². The molecule has 0 saturated heterocycles. The van der Waals surface area contributed by atoms with E-state index in [2.05, 4.69) is 5.32 Å². The first-order valence-corrected chi connectivity index (χ1v) is 9.68. The van der Waals surface area contributed by atoms with Crippen LogP contribution in [-0.4, -0.2) is 25.7 Å². The van der Waals surface area contributed by atoms with Gasteiger partial charge in [0.1, 0.15) is 5.75 Å². The van der Waals surface area contributed by atoms with Crippen LogP contribution in [0.15, 0.2) is 60.7 Å². The largest absolute Gasteiger partial charge is 0.507 e. The fourth-order valence-corrected chi connectivity index (χ4v) is 3.45. The molecule has 1 amide bonds. The van der Waals surface area contributed by atoms with Gasteiger partial charge in [-0.25, -0.2) is 8.42 Å². The third kappa shape index (κ3) is 3.97. The minimum Gasteiger partial charge on any atom is -0.507 e. The summed E-state index contributed by atoms with van der Waals surface area (Å²) in [6, 6.07) is 16.9. The molecular weight excluding hydrogens is 338 g/mol. The lowest BCUT2D eigenvalue weighted by molar-refractivity contribution is 0.102. The van der Waals surface area contributed by atoms with E-state index >= 15 is 0 Å². The molecule has 0 aromatic heterocycles. The van der Waals surface area contributed by atoms with Crippen LogP contribution >= 0.6 is 0 Å². The number of rotatable bonds is 4. The van der Waals surface area contributed by atoms with Crippen LogP contribution in [0, 0.1) is 0 Å². The van der Waals surface area contributed by atoms with Gasteiger partial charge in [0.15, 0.2) is 9.84 Å². The highest BCUT2D eigenvalue weighted by molar-refractivity contribution is 7.89. The van der Waals surface area contributed by atoms with E-state index < -0.39 is 9.84 Å². The van der Waals surface area contributed by atoms with Gasteiger partial charge in [0.2, 0.25) is 0 Å². The highest BCUT2D eigenvalue weighted by atomic mass is 32.2. The van der Waals surface area contributed by atoms with Crippen molar-refractivity contribution in [2.45, 2.75) is 5.75 Å². The van der Waals surface area contributed by atoms with Crippen molar-refractivity contribution < 1.29 is 18.3 Å². The van der Waals surface area contributed by atoms with Gasteiger partial charge >= 0.3 is 0 Å². The average Bonchev–Trinajstić information content (AvgIpc) is 2.55. The second-order valence-electron chi connectivity index (χ2n) is 5.90. The molecule has 0 aliphatic carbocycles. The van der Waals surface area contributed by atoms with Gasteiger partial charge in [0.25, 0.3) is 5.91 Å². The Morgan fingerprint density at radius 2 is 1.60 bits per heavy atom. The Morgan fingerprint density at radius 3 is 2.28 bits per heavy atom. The van der Waals surface area contributed by atoms with E-state index in [0.717, 1.165) is 5.39 Å². The van der Waals surface area contributed by atoms with Gasteiger partial charge in [0.05, 0.1) is 5.75 Å². The maximum Gasteiger partial charge on any atom is 0.255 e. The van der Waals surface area contributed by atoms with Gasteiger partial charge in [-0.15, -0.1) is 0 Å². The summed E-state index contributed by atoms with van der Waals surface area (Å²) in [6.07, 6.45) is 1.17. The molecule has 2 N–H and O–H groups in total. The molecule has 3 rings (SSSR count). The summed E-state index contributed by atoms with van der Waals surface area (Å²) in [7, 11) is -3.11. The quantitative estimate of drug-likeness (QED) is 0.752. The number of fused-ring (bicyclic) bond motifs is 1. The predicted octanol–water partition coefficient (Wildman–Crippen LogP) is 3.34.